The van der Waals surface area contributed by atoms with Gasteiger partial charge in [0.15, 0.2) is 0 Å². The number of aromatic hydroxyl groups is 3. The zero-order valence-electron chi connectivity index (χ0n) is 47.1. The number of phenolic OH excluding ortho intramolecular Hbond substituents is 3. The fourth-order valence-electron chi connectivity index (χ4n) is 9.14. The van der Waals surface area contributed by atoms with E-state index in [4.69, 9.17) is 0 Å². The topological polar surface area (TPSA) is 178 Å². The Hall–Kier alpha value is -5.52. The predicted octanol–water partition coefficient (Wildman–Crippen LogP) is 10.8. The first kappa shape index (κ1) is 59.0. The van der Waals surface area contributed by atoms with Gasteiger partial charge in [-0.3, -0.25) is 14.4 Å². The molecule has 4 rings (SSSR count). The van der Waals surface area contributed by atoms with E-state index < -0.39 is 17.1 Å². The molecule has 0 aliphatic carbocycles. The van der Waals surface area contributed by atoms with Gasteiger partial charge in [-0.2, -0.15) is 0 Å². The highest BCUT2D eigenvalue weighted by atomic mass is 16.3. The average molecular weight is 994 g/mol. The van der Waals surface area contributed by atoms with Crippen LogP contribution < -0.4 is 17.1 Å². The molecule has 3 aromatic carbocycles. The van der Waals surface area contributed by atoms with Crippen LogP contribution in [0.4, 0.5) is 0 Å². The molecule has 12 heteroatoms. The number of nitrogens with zero attached hydrogens (tertiary/aromatic N) is 3. The summed E-state index contributed by atoms with van der Waals surface area (Å²) in [7, 11) is 0. The fourth-order valence-corrected chi connectivity index (χ4v) is 9.14. The summed E-state index contributed by atoms with van der Waals surface area (Å²) in [6.45, 7) is 35.4. The van der Waals surface area contributed by atoms with Crippen LogP contribution in [0.15, 0.2) is 50.8 Å². The standard InChI is InChI=1S/C60H87N3O9/c1-55(2,3)43-31-37(32-44(49(43)67)56(4,5)6)19-22-40(64)25-28-61-52(70)62(29-26-41(65)23-20-38-33-45(57(7,8)9)50(68)46(34-38)58(10,11)12)54(72)63(53(61)71)30-27-42(66)24-21-39-35-47(59(13,14)15)51(69)48(36-39)60(16,17)18/h31-36,67-69H,19-30H2,1-18H3. The lowest BCUT2D eigenvalue weighted by Gasteiger charge is -2.28. The Morgan fingerprint density at radius 1 is 0.333 bits per heavy atom. The summed E-state index contributed by atoms with van der Waals surface area (Å²) in [6, 6.07) is 11.5. The Balaban J connectivity index is 1.63. The third kappa shape index (κ3) is 14.8. The van der Waals surface area contributed by atoms with Crippen molar-refractivity contribution in [2.75, 3.05) is 0 Å². The fraction of sp³-hybridized carbons (Fsp3) is 0.600. The summed E-state index contributed by atoms with van der Waals surface area (Å²) in [5.41, 5.74) is 2.33. The normalized spacial score (nSPS) is 12.9. The van der Waals surface area contributed by atoms with E-state index in [-0.39, 0.29) is 125 Å². The molecule has 0 amide bonds. The number of carbonyl (C=O) groups excluding carboxylic acids is 3. The summed E-state index contributed by atoms with van der Waals surface area (Å²) in [4.78, 5) is 83.0. The number of hydrogen-bond acceptors (Lipinski definition) is 9. The van der Waals surface area contributed by atoms with Gasteiger partial charge in [0.1, 0.15) is 34.6 Å². The van der Waals surface area contributed by atoms with Crippen LogP contribution in [0, 0.1) is 0 Å². The van der Waals surface area contributed by atoms with Crippen molar-refractivity contribution in [2.45, 2.75) is 235 Å². The van der Waals surface area contributed by atoms with Gasteiger partial charge in [0.25, 0.3) is 0 Å². The molecule has 0 spiro atoms. The third-order valence-corrected chi connectivity index (χ3v) is 13.7. The number of phenols is 3. The second kappa shape index (κ2) is 21.9. The van der Waals surface area contributed by atoms with Gasteiger partial charge >= 0.3 is 17.1 Å². The molecule has 1 aromatic heterocycles. The first-order valence-corrected chi connectivity index (χ1v) is 25.8. The largest absolute Gasteiger partial charge is 0.507 e. The average Bonchev–Trinajstić information content (AvgIpc) is 3.22. The Morgan fingerprint density at radius 3 is 0.653 bits per heavy atom. The van der Waals surface area contributed by atoms with Crippen LogP contribution in [-0.4, -0.2) is 46.4 Å². The van der Waals surface area contributed by atoms with Crippen LogP contribution in [0.2, 0.25) is 0 Å². The van der Waals surface area contributed by atoms with Gasteiger partial charge in [0, 0.05) is 58.2 Å². The number of aromatic nitrogens is 3. The highest BCUT2D eigenvalue weighted by Gasteiger charge is 2.30. The maximum Gasteiger partial charge on any atom is 0.336 e. The van der Waals surface area contributed by atoms with Crippen molar-refractivity contribution in [2.24, 2.45) is 0 Å². The number of hydrogen-bond donors (Lipinski definition) is 3. The van der Waals surface area contributed by atoms with Gasteiger partial charge < -0.3 is 15.3 Å². The second-order valence-corrected chi connectivity index (χ2v) is 26.3. The maximum absolute atomic E-state index is 14.1. The highest BCUT2D eigenvalue weighted by molar-refractivity contribution is 5.79. The lowest BCUT2D eigenvalue weighted by molar-refractivity contribution is -0.120. The quantitative estimate of drug-likeness (QED) is 0.0875. The molecule has 0 unspecified atom stereocenters. The van der Waals surface area contributed by atoms with Crippen molar-refractivity contribution in [1.29, 1.82) is 0 Å². The molecule has 12 nitrogen and oxygen atoms in total. The van der Waals surface area contributed by atoms with Crippen molar-refractivity contribution < 1.29 is 29.7 Å². The monoisotopic (exact) mass is 994 g/mol. The van der Waals surface area contributed by atoms with Crippen LogP contribution in [0.5, 0.6) is 17.2 Å². The Morgan fingerprint density at radius 2 is 0.500 bits per heavy atom. The molecular weight excluding hydrogens is 907 g/mol. The first-order valence-electron chi connectivity index (χ1n) is 25.8. The van der Waals surface area contributed by atoms with Crippen molar-refractivity contribution in [3.8, 4) is 17.2 Å². The summed E-state index contributed by atoms with van der Waals surface area (Å²) >= 11 is 0. The van der Waals surface area contributed by atoms with Gasteiger partial charge in [-0.1, -0.05) is 161 Å². The summed E-state index contributed by atoms with van der Waals surface area (Å²) in [5.74, 6) is 0.0785. The molecule has 396 valence electrons. The van der Waals surface area contributed by atoms with Crippen molar-refractivity contribution >= 4 is 17.3 Å². The molecule has 0 saturated heterocycles. The van der Waals surface area contributed by atoms with E-state index in [0.717, 1.165) is 63.8 Å². The summed E-state index contributed by atoms with van der Waals surface area (Å²) < 4.78 is 2.59. The van der Waals surface area contributed by atoms with Crippen molar-refractivity contribution in [3.63, 3.8) is 0 Å². The number of benzene rings is 3. The summed E-state index contributed by atoms with van der Waals surface area (Å²) in [6.07, 6.45) is 0.881. The second-order valence-electron chi connectivity index (χ2n) is 26.3. The van der Waals surface area contributed by atoms with Gasteiger partial charge in [-0.05, 0) is 102 Å². The summed E-state index contributed by atoms with van der Waals surface area (Å²) in [5, 5.41) is 33.6. The zero-order chi connectivity index (χ0) is 54.9. The minimum atomic E-state index is -0.934. The van der Waals surface area contributed by atoms with E-state index in [0.29, 0.717) is 19.3 Å². The van der Waals surface area contributed by atoms with Crippen LogP contribution in [0.25, 0.3) is 0 Å². The lowest BCUT2D eigenvalue weighted by atomic mass is 9.78. The molecule has 0 aliphatic heterocycles. The van der Waals surface area contributed by atoms with E-state index in [1.165, 1.54) is 0 Å². The number of rotatable bonds is 18. The van der Waals surface area contributed by atoms with Crippen LogP contribution >= 0.6 is 0 Å². The third-order valence-electron chi connectivity index (χ3n) is 13.7. The Bertz CT molecular complexity index is 2400. The van der Waals surface area contributed by atoms with Crippen molar-refractivity contribution in [1.82, 2.24) is 13.7 Å². The lowest BCUT2D eigenvalue weighted by Crippen LogP contribution is -2.55. The van der Waals surface area contributed by atoms with E-state index in [9.17, 15) is 44.1 Å². The Labute approximate surface area is 428 Å². The minimum absolute atomic E-state index is 0.106. The van der Waals surface area contributed by atoms with Crippen LogP contribution in [0.3, 0.4) is 0 Å². The molecular formula is C60H87N3O9. The molecule has 1 heterocycles. The smallest absolute Gasteiger partial charge is 0.336 e. The molecule has 0 bridgehead atoms. The molecule has 72 heavy (non-hydrogen) atoms. The number of carbonyl (C=O) groups is 3. The van der Waals surface area contributed by atoms with Gasteiger partial charge in [-0.25, -0.2) is 28.1 Å². The van der Waals surface area contributed by atoms with Crippen LogP contribution in [0.1, 0.15) is 213 Å². The van der Waals surface area contributed by atoms with Crippen molar-refractivity contribution in [3.05, 3.63) is 118 Å². The van der Waals surface area contributed by atoms with Gasteiger partial charge in [0.05, 0.1) is 0 Å². The SMILES string of the molecule is CC(C)(C)c1cc(CCC(=O)CCn2c(=O)n(CCC(=O)CCc3cc(C(C)(C)C)c(O)c(C(C)(C)C)c3)c(=O)n(CCC(=O)CCc3cc(C(C)(C)C)c(O)c(C(C)(C)C)c3)c2=O)cc(C(C)(C)C)c1O. The number of Topliss-reactive ketones (excluding diaryl/α,β-unsaturated/α-hetero) is 3. The molecule has 0 radical (unpaired) electrons. The molecule has 3 N–H and O–H groups in total. The van der Waals surface area contributed by atoms with Crippen LogP contribution in [-0.2, 0) is 85.8 Å². The molecule has 4 aromatic rings. The maximum atomic E-state index is 14.1. The zero-order valence-corrected chi connectivity index (χ0v) is 47.1. The number of aryl methyl sites for hydroxylation is 3. The van der Waals surface area contributed by atoms with E-state index in [1.54, 1.807) is 0 Å². The van der Waals surface area contributed by atoms with E-state index in [2.05, 4.69) is 0 Å². The molecule has 0 fully saturated rings. The first-order chi connectivity index (χ1) is 32.7. The van der Waals surface area contributed by atoms with Gasteiger partial charge in [0.2, 0.25) is 0 Å². The predicted molar refractivity (Wildman–Crippen MR) is 290 cm³/mol. The molecule has 0 saturated carbocycles. The molecule has 0 aliphatic rings. The van der Waals surface area contributed by atoms with Gasteiger partial charge in [-0.15, -0.1) is 0 Å². The van der Waals surface area contributed by atoms with E-state index >= 15 is 0 Å². The van der Waals surface area contributed by atoms with E-state index in [1.807, 2.05) is 161 Å². The molecule has 0 atom stereocenters. The minimum Gasteiger partial charge on any atom is -0.507 e. The highest BCUT2D eigenvalue weighted by Crippen LogP contribution is 2.43. The Kier molecular flexibility index (Phi) is 18.0. The number of ketones is 3.